The number of aromatic nitrogens is 3. The summed E-state index contributed by atoms with van der Waals surface area (Å²) in [6.45, 7) is 1.55. The summed E-state index contributed by atoms with van der Waals surface area (Å²) in [7, 11) is 0. The zero-order chi connectivity index (χ0) is 36.9. The minimum absolute atomic E-state index is 0.00886. The number of rotatable bonds is 7. The Balaban J connectivity index is 1.05. The Labute approximate surface area is 303 Å². The standard InChI is InChI=1S/C39H43F5N4O5/c40-37(41)9-3-25(4-10-37)48-18-30(28-2-1-27(16-31(28)48)53-26-5-7-36(8-6-26)19-52-20-36)33-45-17-29(32(46-33)39(42,43)44)34(49)47-38(35(50)51)23-12-21-11-22(14-23)15-24(38)13-21/h1-2,16-18,21-26H,3-15,19-20H2,(H,47,49)(H,50,51). The maximum absolute atomic E-state index is 14.8. The molecule has 7 aliphatic rings. The third kappa shape index (κ3) is 5.97. The number of alkyl halides is 5. The summed E-state index contributed by atoms with van der Waals surface area (Å²) in [4.78, 5) is 34.8. The average molecular weight is 743 g/mol. The summed E-state index contributed by atoms with van der Waals surface area (Å²) in [5.74, 6) is -4.85. The first-order valence-electron chi connectivity index (χ1n) is 19.0. The third-order valence-electron chi connectivity index (χ3n) is 13.6. The summed E-state index contributed by atoms with van der Waals surface area (Å²) in [5.41, 5.74) is -2.84. The molecule has 2 N–H and O–H groups in total. The van der Waals surface area contributed by atoms with Gasteiger partial charge in [-0.15, -0.1) is 0 Å². The second kappa shape index (κ2) is 12.4. The number of hydrogen-bond acceptors (Lipinski definition) is 6. The number of fused-ring (bicyclic) bond motifs is 1. The Morgan fingerprint density at radius 2 is 1.60 bits per heavy atom. The second-order valence-electron chi connectivity index (χ2n) is 16.9. The molecule has 53 heavy (non-hydrogen) atoms. The SMILES string of the molecule is O=C(NC1(C(=O)O)C2CC3CC(C2)CC1C3)c1cnc(-c2cn(C3CCC(F)(F)CC3)c3cc(OC4CCC5(CC4)COC5)ccc23)nc1C(F)(F)F. The van der Waals surface area contributed by atoms with Crippen LogP contribution in [0, 0.1) is 29.1 Å². The van der Waals surface area contributed by atoms with E-state index in [-0.39, 0.29) is 66.5 Å². The van der Waals surface area contributed by atoms with Gasteiger partial charge in [-0.3, -0.25) is 4.79 Å². The predicted octanol–water partition coefficient (Wildman–Crippen LogP) is 8.21. The quantitative estimate of drug-likeness (QED) is 0.235. The number of hydrogen-bond donors (Lipinski definition) is 2. The Kier molecular flexibility index (Phi) is 8.14. The average Bonchev–Trinajstić information content (AvgIpc) is 3.47. The highest BCUT2D eigenvalue weighted by Crippen LogP contribution is 2.58. The van der Waals surface area contributed by atoms with Gasteiger partial charge in [0.05, 0.1) is 30.4 Å². The number of nitrogens with one attached hydrogen (secondary N) is 1. The Hall–Kier alpha value is -3.81. The van der Waals surface area contributed by atoms with E-state index in [0.29, 0.717) is 54.2 Å². The number of ether oxygens (including phenoxy) is 2. The van der Waals surface area contributed by atoms with Gasteiger partial charge in [-0.1, -0.05) is 0 Å². The van der Waals surface area contributed by atoms with Crippen LogP contribution in [0.4, 0.5) is 22.0 Å². The molecule has 3 heterocycles. The summed E-state index contributed by atoms with van der Waals surface area (Å²) in [6.07, 6.45) is 4.36. The molecular formula is C39H43F5N4O5. The molecule has 284 valence electrons. The number of aliphatic carboxylic acids is 1. The van der Waals surface area contributed by atoms with E-state index in [1.54, 1.807) is 18.3 Å². The molecule has 4 bridgehead atoms. The third-order valence-corrected chi connectivity index (χ3v) is 13.6. The number of carbonyl (C=O) groups excluding carboxylic acids is 1. The van der Waals surface area contributed by atoms with Gasteiger partial charge in [0, 0.05) is 53.7 Å². The van der Waals surface area contributed by atoms with Crippen molar-refractivity contribution in [2.45, 2.75) is 113 Å². The molecule has 2 aromatic heterocycles. The highest BCUT2D eigenvalue weighted by molar-refractivity contribution is 6.00. The van der Waals surface area contributed by atoms with Crippen LogP contribution in [0.1, 0.15) is 106 Å². The smallest absolute Gasteiger partial charge is 0.434 e. The number of carboxylic acid groups (broad SMARTS) is 1. The van der Waals surface area contributed by atoms with Crippen molar-refractivity contribution in [3.05, 3.63) is 41.9 Å². The molecule has 7 fully saturated rings. The van der Waals surface area contributed by atoms with Crippen molar-refractivity contribution in [1.29, 1.82) is 0 Å². The van der Waals surface area contributed by atoms with Crippen LogP contribution in [-0.2, 0) is 15.7 Å². The number of halogens is 5. The van der Waals surface area contributed by atoms with Gasteiger partial charge >= 0.3 is 12.1 Å². The lowest BCUT2D eigenvalue weighted by Gasteiger charge is -2.59. The first-order valence-corrected chi connectivity index (χ1v) is 19.0. The Bertz CT molecular complexity index is 1910. The fourth-order valence-electron chi connectivity index (χ4n) is 11.0. The van der Waals surface area contributed by atoms with E-state index in [1.165, 1.54) is 0 Å². The first kappa shape index (κ1) is 34.9. The second-order valence-corrected chi connectivity index (χ2v) is 16.9. The molecule has 0 radical (unpaired) electrons. The number of benzene rings is 1. The highest BCUT2D eigenvalue weighted by atomic mass is 19.4. The molecule has 0 atom stereocenters. The normalized spacial score (nSPS) is 30.7. The minimum atomic E-state index is -5.07. The lowest BCUT2D eigenvalue weighted by molar-refractivity contribution is -0.163. The summed E-state index contributed by atoms with van der Waals surface area (Å²) < 4.78 is 86.4. The van der Waals surface area contributed by atoms with Crippen LogP contribution in [0.2, 0.25) is 0 Å². The van der Waals surface area contributed by atoms with Crippen molar-refractivity contribution in [3.8, 4) is 17.1 Å². The van der Waals surface area contributed by atoms with Crippen LogP contribution in [0.3, 0.4) is 0 Å². The molecule has 1 amide bonds. The van der Waals surface area contributed by atoms with E-state index < -0.39 is 40.8 Å². The van der Waals surface area contributed by atoms with Crippen molar-refractivity contribution < 1.29 is 46.1 Å². The minimum Gasteiger partial charge on any atom is -0.490 e. The molecule has 1 saturated heterocycles. The lowest BCUT2D eigenvalue weighted by atomic mass is 9.48. The Morgan fingerprint density at radius 1 is 0.943 bits per heavy atom. The topological polar surface area (TPSA) is 116 Å². The van der Waals surface area contributed by atoms with Crippen molar-refractivity contribution in [2.24, 2.45) is 29.1 Å². The van der Waals surface area contributed by atoms with E-state index in [2.05, 4.69) is 15.3 Å². The van der Waals surface area contributed by atoms with Crippen LogP contribution >= 0.6 is 0 Å². The molecule has 3 aromatic rings. The summed E-state index contributed by atoms with van der Waals surface area (Å²) >= 11 is 0. The maximum Gasteiger partial charge on any atom is 0.434 e. The van der Waals surface area contributed by atoms with Gasteiger partial charge in [0.25, 0.3) is 5.91 Å². The number of carbonyl (C=O) groups is 2. The molecule has 10 rings (SSSR count). The van der Waals surface area contributed by atoms with Gasteiger partial charge in [-0.05, 0) is 106 Å². The van der Waals surface area contributed by atoms with Crippen LogP contribution in [0.15, 0.2) is 30.6 Å². The van der Waals surface area contributed by atoms with Crippen molar-refractivity contribution in [2.75, 3.05) is 13.2 Å². The molecule has 6 aliphatic carbocycles. The van der Waals surface area contributed by atoms with Crippen LogP contribution in [0.5, 0.6) is 5.75 Å². The van der Waals surface area contributed by atoms with E-state index in [4.69, 9.17) is 9.47 Å². The number of carboxylic acids is 1. The predicted molar refractivity (Wildman–Crippen MR) is 181 cm³/mol. The van der Waals surface area contributed by atoms with Gasteiger partial charge in [0.1, 0.15) is 11.3 Å². The molecule has 0 unspecified atom stereocenters. The van der Waals surface area contributed by atoms with Gasteiger partial charge in [0.15, 0.2) is 11.5 Å². The van der Waals surface area contributed by atoms with Crippen LogP contribution < -0.4 is 10.1 Å². The van der Waals surface area contributed by atoms with E-state index in [1.807, 2.05) is 10.6 Å². The fourth-order valence-corrected chi connectivity index (χ4v) is 11.0. The molecule has 9 nitrogen and oxygen atoms in total. The Morgan fingerprint density at radius 3 is 2.19 bits per heavy atom. The highest BCUT2D eigenvalue weighted by Gasteiger charge is 2.62. The molecule has 6 saturated carbocycles. The van der Waals surface area contributed by atoms with E-state index >= 15 is 0 Å². The summed E-state index contributed by atoms with van der Waals surface area (Å²) in [6, 6.07) is 4.96. The van der Waals surface area contributed by atoms with Gasteiger partial charge < -0.3 is 24.5 Å². The largest absolute Gasteiger partial charge is 0.490 e. The van der Waals surface area contributed by atoms with Crippen molar-refractivity contribution in [1.82, 2.24) is 19.9 Å². The zero-order valence-corrected chi connectivity index (χ0v) is 29.3. The van der Waals surface area contributed by atoms with E-state index in [0.717, 1.165) is 51.5 Å². The van der Waals surface area contributed by atoms with Gasteiger partial charge in [-0.25, -0.2) is 23.5 Å². The van der Waals surface area contributed by atoms with Gasteiger partial charge in [-0.2, -0.15) is 13.2 Å². The molecule has 1 aromatic carbocycles. The van der Waals surface area contributed by atoms with Crippen molar-refractivity contribution in [3.63, 3.8) is 0 Å². The van der Waals surface area contributed by atoms with Crippen LogP contribution in [0.25, 0.3) is 22.3 Å². The summed E-state index contributed by atoms with van der Waals surface area (Å²) in [5, 5.41) is 13.6. The zero-order valence-electron chi connectivity index (χ0n) is 29.3. The molecule has 1 aliphatic heterocycles. The van der Waals surface area contributed by atoms with E-state index in [9.17, 15) is 36.6 Å². The van der Waals surface area contributed by atoms with Crippen LogP contribution in [-0.4, -0.2) is 62.3 Å². The molecule has 14 heteroatoms. The van der Waals surface area contributed by atoms with Crippen molar-refractivity contribution >= 4 is 22.8 Å². The first-order chi connectivity index (χ1) is 25.2. The maximum atomic E-state index is 14.8. The monoisotopic (exact) mass is 742 g/mol. The number of nitrogens with zero attached hydrogens (tertiary/aromatic N) is 3. The number of amides is 1. The lowest BCUT2D eigenvalue weighted by Crippen LogP contribution is -2.70. The van der Waals surface area contributed by atoms with Gasteiger partial charge in [0.2, 0.25) is 5.92 Å². The molecule has 1 spiro atoms. The molecular weight excluding hydrogens is 699 g/mol. The fraction of sp³-hybridized carbons (Fsp3) is 0.641.